The molecule has 0 heterocycles. The molecule has 3 rings (SSSR count). The zero-order valence-electron chi connectivity index (χ0n) is 18.6. The highest BCUT2D eigenvalue weighted by atomic mass is 35.5. The van der Waals surface area contributed by atoms with E-state index in [0.29, 0.717) is 10.7 Å². The molecule has 0 saturated heterocycles. The molecule has 1 unspecified atom stereocenters. The lowest BCUT2D eigenvalue weighted by Crippen LogP contribution is -2.41. The summed E-state index contributed by atoms with van der Waals surface area (Å²) >= 11 is 5.99. The lowest BCUT2D eigenvalue weighted by molar-refractivity contribution is -0.120. The molecule has 0 spiro atoms. The molecular weight excluding hydrogens is 444 g/mol. The number of nitrogens with zero attached hydrogens (tertiary/aromatic N) is 1. The van der Waals surface area contributed by atoms with Crippen LogP contribution in [0.15, 0.2) is 71.6 Å². The minimum Gasteiger partial charge on any atom is -0.348 e. The van der Waals surface area contributed by atoms with Crippen molar-refractivity contribution in [2.75, 3.05) is 10.8 Å². The van der Waals surface area contributed by atoms with E-state index < -0.39 is 15.9 Å². The van der Waals surface area contributed by atoms with Gasteiger partial charge in [0.15, 0.2) is 0 Å². The van der Waals surface area contributed by atoms with Gasteiger partial charge in [-0.25, -0.2) is 8.42 Å². The summed E-state index contributed by atoms with van der Waals surface area (Å²) in [5.74, 6) is -0.400. The van der Waals surface area contributed by atoms with Crippen LogP contribution in [-0.2, 0) is 14.8 Å². The predicted octanol–water partition coefficient (Wildman–Crippen LogP) is 5.34. The third kappa shape index (κ3) is 5.50. The minimum atomic E-state index is -3.96. The summed E-state index contributed by atoms with van der Waals surface area (Å²) in [5, 5.41) is 3.41. The van der Waals surface area contributed by atoms with E-state index >= 15 is 0 Å². The second-order valence-corrected chi connectivity index (χ2v) is 10.2. The predicted molar refractivity (Wildman–Crippen MR) is 130 cm³/mol. The molecule has 5 nitrogen and oxygen atoms in total. The first kappa shape index (κ1) is 23.8. The van der Waals surface area contributed by atoms with Crippen LogP contribution in [0.4, 0.5) is 5.69 Å². The summed E-state index contributed by atoms with van der Waals surface area (Å²) in [6, 6.07) is 18.7. The van der Waals surface area contributed by atoms with Crippen LogP contribution in [0.5, 0.6) is 0 Å². The number of carbonyl (C=O) groups is 1. The first-order chi connectivity index (χ1) is 15.1. The second-order valence-electron chi connectivity index (χ2n) is 7.95. The van der Waals surface area contributed by atoms with Crippen molar-refractivity contribution in [2.45, 2.75) is 38.6 Å². The Balaban J connectivity index is 1.89. The van der Waals surface area contributed by atoms with Gasteiger partial charge in [0.1, 0.15) is 6.54 Å². The van der Waals surface area contributed by atoms with Crippen LogP contribution in [0.1, 0.15) is 35.2 Å². The van der Waals surface area contributed by atoms with E-state index in [9.17, 15) is 13.2 Å². The van der Waals surface area contributed by atoms with E-state index in [1.807, 2.05) is 39.8 Å². The number of benzene rings is 3. The molecule has 32 heavy (non-hydrogen) atoms. The lowest BCUT2D eigenvalue weighted by atomic mass is 10.0. The fraction of sp³-hybridized carbons (Fsp3) is 0.240. The normalized spacial score (nSPS) is 12.3. The summed E-state index contributed by atoms with van der Waals surface area (Å²) in [5.41, 5.74) is 4.51. The maximum absolute atomic E-state index is 13.4. The molecule has 1 N–H and O–H groups in total. The molecule has 0 aliphatic carbocycles. The maximum Gasteiger partial charge on any atom is 0.264 e. The summed E-state index contributed by atoms with van der Waals surface area (Å²) < 4.78 is 28.0. The zero-order chi connectivity index (χ0) is 23.5. The van der Waals surface area contributed by atoms with Gasteiger partial charge in [-0.15, -0.1) is 0 Å². The number of aryl methyl sites for hydroxylation is 3. The van der Waals surface area contributed by atoms with Gasteiger partial charge >= 0.3 is 0 Å². The van der Waals surface area contributed by atoms with Crippen molar-refractivity contribution in [2.24, 2.45) is 0 Å². The third-order valence-electron chi connectivity index (χ3n) is 5.28. The monoisotopic (exact) mass is 470 g/mol. The van der Waals surface area contributed by atoms with Crippen molar-refractivity contribution in [1.29, 1.82) is 0 Å². The van der Waals surface area contributed by atoms with Gasteiger partial charge in [-0.2, -0.15) is 0 Å². The van der Waals surface area contributed by atoms with Crippen molar-refractivity contribution in [3.63, 3.8) is 0 Å². The lowest BCUT2D eigenvalue weighted by Gasteiger charge is -2.25. The zero-order valence-corrected chi connectivity index (χ0v) is 20.2. The topological polar surface area (TPSA) is 66.5 Å². The van der Waals surface area contributed by atoms with E-state index in [-0.39, 0.29) is 17.5 Å². The van der Waals surface area contributed by atoms with E-state index in [2.05, 4.69) is 11.4 Å². The molecule has 3 aromatic rings. The van der Waals surface area contributed by atoms with Crippen LogP contribution >= 0.6 is 11.6 Å². The highest BCUT2D eigenvalue weighted by Crippen LogP contribution is 2.26. The number of hydrogen-bond donors (Lipinski definition) is 1. The highest BCUT2D eigenvalue weighted by Gasteiger charge is 2.27. The van der Waals surface area contributed by atoms with Crippen LogP contribution in [0.2, 0.25) is 5.02 Å². The molecule has 1 atom stereocenters. The fourth-order valence-corrected chi connectivity index (χ4v) is 5.11. The van der Waals surface area contributed by atoms with Gasteiger partial charge < -0.3 is 5.32 Å². The Labute approximate surface area is 195 Å². The summed E-state index contributed by atoms with van der Waals surface area (Å²) in [6.45, 7) is 7.42. The fourth-order valence-electron chi connectivity index (χ4n) is 3.57. The molecule has 0 aromatic heterocycles. The van der Waals surface area contributed by atoms with E-state index in [0.717, 1.165) is 26.6 Å². The molecule has 3 aromatic carbocycles. The Kier molecular flexibility index (Phi) is 7.26. The van der Waals surface area contributed by atoms with E-state index in [1.54, 1.807) is 48.5 Å². The SMILES string of the molecule is Cc1ccc(S(=O)(=O)N(CC(=O)NC(C)c2ccc(C)cc2C)c2ccc(Cl)cc2)cc1. The van der Waals surface area contributed by atoms with Crippen molar-refractivity contribution in [3.8, 4) is 0 Å². The van der Waals surface area contributed by atoms with Crippen molar-refractivity contribution < 1.29 is 13.2 Å². The molecule has 7 heteroatoms. The smallest absolute Gasteiger partial charge is 0.264 e. The van der Waals surface area contributed by atoms with Gasteiger partial charge in [0.25, 0.3) is 10.0 Å². The number of halogens is 1. The Morgan fingerprint density at radius 2 is 1.53 bits per heavy atom. The summed E-state index contributed by atoms with van der Waals surface area (Å²) in [4.78, 5) is 13.1. The van der Waals surface area contributed by atoms with Gasteiger partial charge in [0, 0.05) is 5.02 Å². The van der Waals surface area contributed by atoms with Crippen LogP contribution in [0, 0.1) is 20.8 Å². The molecule has 168 valence electrons. The Bertz CT molecular complexity index is 1210. The molecule has 0 aliphatic rings. The number of carbonyl (C=O) groups excluding carboxylic acids is 1. The molecule has 0 bridgehead atoms. The number of sulfonamides is 1. The molecular formula is C25H27ClN2O3S. The number of rotatable bonds is 7. The standard InChI is InChI=1S/C25H27ClN2O3S/c1-17-5-12-23(13-6-17)32(30,31)28(22-10-8-21(26)9-11-22)16-25(29)27-20(4)24-14-7-18(2)15-19(24)3/h5-15,20H,16H2,1-4H3,(H,27,29). The Morgan fingerprint density at radius 3 is 2.12 bits per heavy atom. The van der Waals surface area contributed by atoms with E-state index in [4.69, 9.17) is 11.6 Å². The van der Waals surface area contributed by atoms with Gasteiger partial charge in [-0.05, 0) is 75.2 Å². The second kappa shape index (κ2) is 9.76. The number of nitrogens with one attached hydrogen (secondary N) is 1. The average molecular weight is 471 g/mol. The highest BCUT2D eigenvalue weighted by molar-refractivity contribution is 7.92. The average Bonchev–Trinajstić information content (AvgIpc) is 2.73. The quantitative estimate of drug-likeness (QED) is 0.507. The van der Waals surface area contributed by atoms with Gasteiger partial charge in [-0.3, -0.25) is 9.10 Å². The van der Waals surface area contributed by atoms with Crippen LogP contribution in [-0.4, -0.2) is 20.9 Å². The molecule has 0 aliphatic heterocycles. The van der Waals surface area contributed by atoms with Gasteiger partial charge in [0.2, 0.25) is 5.91 Å². The van der Waals surface area contributed by atoms with Crippen molar-refractivity contribution in [1.82, 2.24) is 5.32 Å². The number of hydrogen-bond acceptors (Lipinski definition) is 3. The third-order valence-corrected chi connectivity index (χ3v) is 7.32. The van der Waals surface area contributed by atoms with Crippen LogP contribution in [0.25, 0.3) is 0 Å². The van der Waals surface area contributed by atoms with Crippen LogP contribution < -0.4 is 9.62 Å². The van der Waals surface area contributed by atoms with Crippen molar-refractivity contribution >= 4 is 33.2 Å². The first-order valence-electron chi connectivity index (χ1n) is 10.3. The Morgan fingerprint density at radius 1 is 0.938 bits per heavy atom. The molecule has 0 saturated carbocycles. The number of anilines is 1. The largest absolute Gasteiger partial charge is 0.348 e. The van der Waals surface area contributed by atoms with Gasteiger partial charge in [-0.1, -0.05) is 53.1 Å². The number of amides is 1. The summed E-state index contributed by atoms with van der Waals surface area (Å²) in [6.07, 6.45) is 0. The van der Waals surface area contributed by atoms with Crippen LogP contribution in [0.3, 0.4) is 0 Å². The van der Waals surface area contributed by atoms with Gasteiger partial charge in [0.05, 0.1) is 16.6 Å². The molecule has 0 fully saturated rings. The van der Waals surface area contributed by atoms with E-state index in [1.165, 1.54) is 0 Å². The Hall–Kier alpha value is -2.83. The molecule has 1 amide bonds. The van der Waals surface area contributed by atoms with Crippen molar-refractivity contribution in [3.05, 3.63) is 94.0 Å². The summed E-state index contributed by atoms with van der Waals surface area (Å²) in [7, 11) is -3.96. The molecule has 0 radical (unpaired) electrons. The minimum absolute atomic E-state index is 0.119. The first-order valence-corrected chi connectivity index (χ1v) is 12.1. The maximum atomic E-state index is 13.4.